The van der Waals surface area contributed by atoms with Gasteiger partial charge in [-0.15, -0.1) is 11.3 Å². The summed E-state index contributed by atoms with van der Waals surface area (Å²) >= 11 is 7.79. The molecule has 2 rings (SSSR count). The van der Waals surface area contributed by atoms with Gasteiger partial charge in [0.2, 0.25) is 0 Å². The Kier molecular flexibility index (Phi) is 5.71. The zero-order valence-electron chi connectivity index (χ0n) is 13.6. The minimum atomic E-state index is 0.143. The molecular weight excluding hydrogens is 302 g/mol. The van der Waals surface area contributed by atoms with E-state index in [2.05, 4.69) is 43.9 Å². The van der Waals surface area contributed by atoms with Crippen LogP contribution in [0.5, 0.6) is 0 Å². The van der Waals surface area contributed by atoms with Gasteiger partial charge < -0.3 is 10.6 Å². The van der Waals surface area contributed by atoms with E-state index in [1.54, 1.807) is 11.3 Å². The Morgan fingerprint density at radius 2 is 2.00 bits per heavy atom. The molecule has 120 valence electrons. The van der Waals surface area contributed by atoms with E-state index in [1.165, 1.54) is 24.1 Å². The molecule has 0 amide bonds. The van der Waals surface area contributed by atoms with Crippen molar-refractivity contribution in [2.24, 2.45) is 5.73 Å². The predicted octanol–water partition coefficient (Wildman–Crippen LogP) is 3.60. The third-order valence-electron chi connectivity index (χ3n) is 5.01. The average molecular weight is 330 g/mol. The van der Waals surface area contributed by atoms with Crippen LogP contribution in [-0.4, -0.2) is 49.1 Å². The first-order valence-corrected chi connectivity index (χ1v) is 8.97. The first-order valence-electron chi connectivity index (χ1n) is 7.78. The molecule has 0 bridgehead atoms. The zero-order valence-corrected chi connectivity index (χ0v) is 15.2. The van der Waals surface area contributed by atoms with Gasteiger partial charge in [0.15, 0.2) is 0 Å². The lowest BCUT2D eigenvalue weighted by molar-refractivity contribution is 0.0126. The Balaban J connectivity index is 2.16. The highest BCUT2D eigenvalue weighted by Crippen LogP contribution is 2.39. The molecule has 0 aromatic carbocycles. The van der Waals surface area contributed by atoms with Gasteiger partial charge in [0.05, 0.1) is 10.4 Å². The third-order valence-corrected chi connectivity index (χ3v) is 6.32. The van der Waals surface area contributed by atoms with E-state index in [1.807, 2.05) is 6.07 Å². The van der Waals surface area contributed by atoms with Crippen LogP contribution in [0.2, 0.25) is 4.34 Å². The third kappa shape index (κ3) is 3.62. The molecule has 0 radical (unpaired) electrons. The van der Waals surface area contributed by atoms with Gasteiger partial charge >= 0.3 is 0 Å². The molecule has 1 saturated carbocycles. The Hall–Kier alpha value is -0.130. The summed E-state index contributed by atoms with van der Waals surface area (Å²) in [5.41, 5.74) is 6.74. The van der Waals surface area contributed by atoms with Crippen LogP contribution < -0.4 is 5.73 Å². The lowest BCUT2D eigenvalue weighted by Crippen LogP contribution is -2.58. The number of rotatable bonds is 7. The van der Waals surface area contributed by atoms with Crippen molar-refractivity contribution in [3.05, 3.63) is 21.3 Å². The smallest absolute Gasteiger partial charge is 0.0931 e. The van der Waals surface area contributed by atoms with E-state index in [4.69, 9.17) is 17.3 Å². The highest BCUT2D eigenvalue weighted by atomic mass is 35.5. The van der Waals surface area contributed by atoms with E-state index in [0.717, 1.165) is 17.3 Å². The fourth-order valence-electron chi connectivity index (χ4n) is 3.36. The summed E-state index contributed by atoms with van der Waals surface area (Å²) < 4.78 is 0.845. The van der Waals surface area contributed by atoms with Gasteiger partial charge in [0, 0.05) is 23.0 Å². The molecule has 1 aromatic rings. The van der Waals surface area contributed by atoms with Crippen molar-refractivity contribution in [2.75, 3.05) is 27.7 Å². The number of thiophene rings is 1. The van der Waals surface area contributed by atoms with Crippen LogP contribution in [0.25, 0.3) is 0 Å². The monoisotopic (exact) mass is 329 g/mol. The van der Waals surface area contributed by atoms with Crippen LogP contribution in [0, 0.1) is 0 Å². The molecule has 5 heteroatoms. The normalized spacial score (nSPS) is 20.6. The number of nitrogens with two attached hydrogens (primary N) is 1. The van der Waals surface area contributed by atoms with Gasteiger partial charge in [-0.25, -0.2) is 0 Å². The molecule has 1 aliphatic carbocycles. The molecule has 1 fully saturated rings. The number of nitrogens with zero attached hydrogens (tertiary/aromatic N) is 2. The Morgan fingerprint density at radius 1 is 1.33 bits per heavy atom. The topological polar surface area (TPSA) is 32.5 Å². The standard InChI is InChI=1S/C16H28ClN3S/c1-5-12(18)15(13-7-8-14(17)21-13)20(4)11-16(19(2)3)9-6-10-16/h7-8,12,15H,5-6,9-11,18H2,1-4H3. The minimum Gasteiger partial charge on any atom is -0.326 e. The van der Waals surface area contributed by atoms with Crippen molar-refractivity contribution in [1.29, 1.82) is 0 Å². The lowest BCUT2D eigenvalue weighted by atomic mass is 9.75. The van der Waals surface area contributed by atoms with E-state index >= 15 is 0 Å². The fraction of sp³-hybridized carbons (Fsp3) is 0.750. The molecule has 21 heavy (non-hydrogen) atoms. The molecule has 0 aliphatic heterocycles. The van der Waals surface area contributed by atoms with Crippen molar-refractivity contribution in [1.82, 2.24) is 9.80 Å². The summed E-state index contributed by atoms with van der Waals surface area (Å²) in [6.45, 7) is 3.22. The Labute approximate surface area is 138 Å². The quantitative estimate of drug-likeness (QED) is 0.829. The van der Waals surface area contributed by atoms with Crippen LogP contribution >= 0.6 is 22.9 Å². The van der Waals surface area contributed by atoms with E-state index < -0.39 is 0 Å². The number of halogens is 1. The maximum absolute atomic E-state index is 6.42. The number of likely N-dealkylation sites (N-methyl/N-ethyl adjacent to an activating group) is 2. The van der Waals surface area contributed by atoms with E-state index in [-0.39, 0.29) is 12.1 Å². The predicted molar refractivity (Wildman–Crippen MR) is 93.2 cm³/mol. The summed E-state index contributed by atoms with van der Waals surface area (Å²) in [6.07, 6.45) is 4.87. The summed E-state index contributed by atoms with van der Waals surface area (Å²) in [6, 6.07) is 4.51. The molecule has 3 nitrogen and oxygen atoms in total. The molecule has 1 aromatic heterocycles. The Morgan fingerprint density at radius 3 is 2.38 bits per heavy atom. The number of hydrogen-bond acceptors (Lipinski definition) is 4. The largest absolute Gasteiger partial charge is 0.326 e. The van der Waals surface area contributed by atoms with Gasteiger partial charge in [-0.2, -0.15) is 0 Å². The van der Waals surface area contributed by atoms with Crippen LogP contribution in [0.15, 0.2) is 12.1 Å². The summed E-state index contributed by atoms with van der Waals surface area (Å²) in [5, 5.41) is 0. The molecule has 2 atom stereocenters. The molecule has 1 aliphatic rings. The summed E-state index contributed by atoms with van der Waals surface area (Å²) in [5.74, 6) is 0. The molecule has 0 spiro atoms. The molecule has 2 unspecified atom stereocenters. The maximum atomic E-state index is 6.42. The molecule has 2 N–H and O–H groups in total. The summed E-state index contributed by atoms with van der Waals surface area (Å²) in [7, 11) is 6.60. The van der Waals surface area contributed by atoms with Gasteiger partial charge in [0.1, 0.15) is 0 Å². The second-order valence-electron chi connectivity index (χ2n) is 6.55. The molecule has 1 heterocycles. The maximum Gasteiger partial charge on any atom is 0.0931 e. The van der Waals surface area contributed by atoms with Gasteiger partial charge in [-0.05, 0) is 59.0 Å². The van der Waals surface area contributed by atoms with Gasteiger partial charge in [-0.3, -0.25) is 4.90 Å². The van der Waals surface area contributed by atoms with Gasteiger partial charge in [0.25, 0.3) is 0 Å². The molecule has 0 saturated heterocycles. The van der Waals surface area contributed by atoms with Crippen LogP contribution in [0.4, 0.5) is 0 Å². The van der Waals surface area contributed by atoms with Gasteiger partial charge in [-0.1, -0.05) is 18.5 Å². The minimum absolute atomic E-state index is 0.143. The number of hydrogen-bond donors (Lipinski definition) is 1. The van der Waals surface area contributed by atoms with Crippen molar-refractivity contribution >= 4 is 22.9 Å². The average Bonchev–Trinajstić information content (AvgIpc) is 2.79. The Bertz CT molecular complexity index is 456. The lowest BCUT2D eigenvalue weighted by Gasteiger charge is -2.50. The second-order valence-corrected chi connectivity index (χ2v) is 8.29. The highest BCUT2D eigenvalue weighted by molar-refractivity contribution is 7.16. The second kappa shape index (κ2) is 6.97. The molecular formula is C16H28ClN3S. The van der Waals surface area contributed by atoms with Crippen molar-refractivity contribution < 1.29 is 0 Å². The van der Waals surface area contributed by atoms with Crippen molar-refractivity contribution in [2.45, 2.75) is 50.2 Å². The van der Waals surface area contributed by atoms with E-state index in [0.29, 0.717) is 5.54 Å². The van der Waals surface area contributed by atoms with Crippen molar-refractivity contribution in [3.63, 3.8) is 0 Å². The van der Waals surface area contributed by atoms with Crippen LogP contribution in [0.1, 0.15) is 43.5 Å². The zero-order chi connectivity index (χ0) is 15.6. The fourth-order valence-corrected chi connectivity index (χ4v) is 4.66. The highest BCUT2D eigenvalue weighted by Gasteiger charge is 2.41. The SMILES string of the molecule is CCC(N)C(c1ccc(Cl)s1)N(C)CC1(N(C)C)CCC1. The van der Waals surface area contributed by atoms with E-state index in [9.17, 15) is 0 Å². The van der Waals surface area contributed by atoms with Crippen LogP contribution in [-0.2, 0) is 0 Å². The first kappa shape index (κ1) is 17.2. The van der Waals surface area contributed by atoms with Crippen molar-refractivity contribution in [3.8, 4) is 0 Å². The van der Waals surface area contributed by atoms with Crippen LogP contribution in [0.3, 0.4) is 0 Å². The first-order chi connectivity index (χ1) is 9.89. The summed E-state index contributed by atoms with van der Waals surface area (Å²) in [4.78, 5) is 6.11.